The summed E-state index contributed by atoms with van der Waals surface area (Å²) in [4.78, 5) is 26.7. The number of anilines is 1. The second-order valence-electron chi connectivity index (χ2n) is 8.01. The number of allylic oxidation sites excluding steroid dienone is 3. The molecular formula is C26H28N2O3. The van der Waals surface area contributed by atoms with Gasteiger partial charge in [-0.25, -0.2) is 0 Å². The Hall–Kier alpha value is -3.34. The lowest BCUT2D eigenvalue weighted by Crippen LogP contribution is -2.35. The van der Waals surface area contributed by atoms with Crippen molar-refractivity contribution in [2.45, 2.75) is 46.0 Å². The summed E-state index contributed by atoms with van der Waals surface area (Å²) in [6.07, 6.45) is 2.13. The van der Waals surface area contributed by atoms with Crippen LogP contribution < -0.4 is 15.4 Å². The summed E-state index contributed by atoms with van der Waals surface area (Å²) >= 11 is 0. The van der Waals surface area contributed by atoms with Crippen LogP contribution in [0.15, 0.2) is 71.1 Å². The van der Waals surface area contributed by atoms with Crippen molar-refractivity contribution in [1.82, 2.24) is 5.32 Å². The summed E-state index contributed by atoms with van der Waals surface area (Å²) < 4.78 is 5.90. The number of aryl methyl sites for hydroxylation is 1. The number of benzene rings is 2. The lowest BCUT2D eigenvalue weighted by Gasteiger charge is -2.35. The van der Waals surface area contributed by atoms with Crippen molar-refractivity contribution in [3.8, 4) is 5.75 Å². The normalized spacial score (nSPS) is 18.4. The molecule has 4 rings (SSSR count). The summed E-state index contributed by atoms with van der Waals surface area (Å²) in [5.41, 5.74) is 5.55. The smallest absolute Gasteiger partial charge is 0.254 e. The van der Waals surface area contributed by atoms with E-state index < -0.39 is 5.92 Å². The minimum Gasteiger partial charge on any atom is -0.494 e. The Bertz CT molecular complexity index is 1100. The largest absolute Gasteiger partial charge is 0.494 e. The number of rotatable bonds is 5. The van der Waals surface area contributed by atoms with Gasteiger partial charge in [0.25, 0.3) is 5.91 Å². The number of nitrogens with one attached hydrogen (secondary N) is 2. The van der Waals surface area contributed by atoms with Crippen LogP contribution in [0.3, 0.4) is 0 Å². The second kappa shape index (κ2) is 8.80. The van der Waals surface area contributed by atoms with Gasteiger partial charge < -0.3 is 15.4 Å². The highest BCUT2D eigenvalue weighted by Crippen LogP contribution is 2.45. The zero-order valence-corrected chi connectivity index (χ0v) is 18.2. The number of para-hydroxylation sites is 2. The quantitative estimate of drug-likeness (QED) is 0.720. The minimum absolute atomic E-state index is 0.0961. The van der Waals surface area contributed by atoms with Crippen LogP contribution in [0.4, 0.5) is 5.69 Å². The maximum atomic E-state index is 13.6. The minimum atomic E-state index is -0.462. The third kappa shape index (κ3) is 4.00. The second-order valence-corrected chi connectivity index (χ2v) is 8.01. The number of Topliss-reactive ketones (excluding diaryl/α,β-unsaturated/α-hetero) is 1. The molecule has 0 fully saturated rings. The molecule has 160 valence electrons. The highest BCUT2D eigenvalue weighted by atomic mass is 16.5. The molecule has 0 saturated heterocycles. The van der Waals surface area contributed by atoms with Crippen LogP contribution in [0.25, 0.3) is 0 Å². The summed E-state index contributed by atoms with van der Waals surface area (Å²) in [6, 6.07) is 15.4. The maximum Gasteiger partial charge on any atom is 0.254 e. The Kier molecular flexibility index (Phi) is 5.94. The van der Waals surface area contributed by atoms with Crippen LogP contribution in [0.2, 0.25) is 0 Å². The molecule has 0 saturated carbocycles. The highest BCUT2D eigenvalue weighted by Gasteiger charge is 2.39. The van der Waals surface area contributed by atoms with E-state index in [0.717, 1.165) is 41.1 Å². The zero-order chi connectivity index (χ0) is 22.0. The SMILES string of the molecule is CCOc1ccccc1C1C(C(=O)Nc2ccccc2C)=C(C)NC2=C1C(=O)CCC2. The molecule has 5 nitrogen and oxygen atoms in total. The van der Waals surface area contributed by atoms with E-state index in [0.29, 0.717) is 29.9 Å². The van der Waals surface area contributed by atoms with E-state index >= 15 is 0 Å². The molecule has 2 aromatic carbocycles. The Morgan fingerprint density at radius 1 is 1.10 bits per heavy atom. The summed E-state index contributed by atoms with van der Waals surface area (Å²) in [7, 11) is 0. The third-order valence-electron chi connectivity index (χ3n) is 5.94. The average molecular weight is 417 g/mol. The summed E-state index contributed by atoms with van der Waals surface area (Å²) in [6.45, 7) is 6.31. The number of carbonyl (C=O) groups is 2. The van der Waals surface area contributed by atoms with Gasteiger partial charge in [0.15, 0.2) is 5.78 Å². The first-order valence-corrected chi connectivity index (χ1v) is 10.8. The molecule has 1 heterocycles. The Morgan fingerprint density at radius 2 is 1.84 bits per heavy atom. The summed E-state index contributed by atoms with van der Waals surface area (Å²) in [5, 5.41) is 6.43. The first-order valence-electron chi connectivity index (χ1n) is 10.8. The van der Waals surface area contributed by atoms with Crippen LogP contribution in [0.1, 0.15) is 50.2 Å². The van der Waals surface area contributed by atoms with Gasteiger partial charge in [-0.2, -0.15) is 0 Å². The van der Waals surface area contributed by atoms with Crippen molar-refractivity contribution in [2.24, 2.45) is 0 Å². The molecule has 1 amide bonds. The first kappa shape index (κ1) is 20.9. The zero-order valence-electron chi connectivity index (χ0n) is 18.2. The molecule has 2 aliphatic rings. The standard InChI is InChI=1S/C26H28N2O3/c1-4-31-22-15-8-6-11-18(22)24-23(26(30)28-19-12-7-5-10-16(19)2)17(3)27-20-13-9-14-21(29)25(20)24/h5-8,10-12,15,24,27H,4,9,13-14H2,1-3H3,(H,28,30). The lowest BCUT2D eigenvalue weighted by atomic mass is 9.74. The van der Waals surface area contributed by atoms with Crippen LogP contribution in [0, 0.1) is 6.92 Å². The molecule has 0 radical (unpaired) electrons. The number of hydrogen-bond acceptors (Lipinski definition) is 4. The Balaban J connectivity index is 1.83. The van der Waals surface area contributed by atoms with Gasteiger partial charge in [0, 0.05) is 40.2 Å². The van der Waals surface area contributed by atoms with E-state index in [1.807, 2.05) is 69.3 Å². The number of carbonyl (C=O) groups excluding carboxylic acids is 2. The maximum absolute atomic E-state index is 13.6. The van der Waals surface area contributed by atoms with Gasteiger partial charge in [-0.05, 0) is 51.3 Å². The fourth-order valence-electron chi connectivity index (χ4n) is 4.50. The fourth-order valence-corrected chi connectivity index (χ4v) is 4.50. The van der Waals surface area contributed by atoms with Crippen molar-refractivity contribution in [3.63, 3.8) is 0 Å². The molecule has 1 unspecified atom stereocenters. The van der Waals surface area contributed by atoms with Crippen molar-refractivity contribution in [3.05, 3.63) is 82.2 Å². The van der Waals surface area contributed by atoms with Crippen LogP contribution in [-0.2, 0) is 9.59 Å². The van der Waals surface area contributed by atoms with Gasteiger partial charge in [0.05, 0.1) is 12.5 Å². The number of ether oxygens (including phenoxy) is 1. The molecule has 2 aromatic rings. The number of amides is 1. The predicted molar refractivity (Wildman–Crippen MR) is 122 cm³/mol. The fraction of sp³-hybridized carbons (Fsp3) is 0.308. The number of dihydropyridines is 1. The van der Waals surface area contributed by atoms with Crippen LogP contribution >= 0.6 is 0 Å². The van der Waals surface area contributed by atoms with Crippen LogP contribution in [0.5, 0.6) is 5.75 Å². The summed E-state index contributed by atoms with van der Waals surface area (Å²) in [5.74, 6) is 0.131. The van der Waals surface area contributed by atoms with E-state index in [4.69, 9.17) is 4.74 Å². The number of hydrogen-bond donors (Lipinski definition) is 2. The van der Waals surface area contributed by atoms with Gasteiger partial charge in [0.1, 0.15) is 5.75 Å². The third-order valence-corrected chi connectivity index (χ3v) is 5.94. The molecule has 0 spiro atoms. The van der Waals surface area contributed by atoms with E-state index in [2.05, 4.69) is 10.6 Å². The molecular weight excluding hydrogens is 388 g/mol. The first-order chi connectivity index (χ1) is 15.0. The Morgan fingerprint density at radius 3 is 2.61 bits per heavy atom. The van der Waals surface area contributed by atoms with Crippen LogP contribution in [-0.4, -0.2) is 18.3 Å². The van der Waals surface area contributed by atoms with Crippen molar-refractivity contribution >= 4 is 17.4 Å². The van der Waals surface area contributed by atoms with Gasteiger partial charge in [0.2, 0.25) is 0 Å². The van der Waals surface area contributed by atoms with Gasteiger partial charge in [-0.15, -0.1) is 0 Å². The number of ketones is 1. The molecule has 1 atom stereocenters. The van der Waals surface area contributed by atoms with Crippen molar-refractivity contribution in [2.75, 3.05) is 11.9 Å². The predicted octanol–water partition coefficient (Wildman–Crippen LogP) is 5.00. The van der Waals surface area contributed by atoms with E-state index in [-0.39, 0.29) is 11.7 Å². The lowest BCUT2D eigenvalue weighted by molar-refractivity contribution is -0.116. The van der Waals surface area contributed by atoms with Gasteiger partial charge in [-0.3, -0.25) is 9.59 Å². The molecule has 31 heavy (non-hydrogen) atoms. The molecule has 2 N–H and O–H groups in total. The van der Waals surface area contributed by atoms with Gasteiger partial charge in [-0.1, -0.05) is 36.4 Å². The Labute approximate surface area is 183 Å². The topological polar surface area (TPSA) is 67.4 Å². The van der Waals surface area contributed by atoms with Gasteiger partial charge >= 0.3 is 0 Å². The highest BCUT2D eigenvalue weighted by molar-refractivity contribution is 6.10. The molecule has 0 bridgehead atoms. The van der Waals surface area contributed by atoms with E-state index in [9.17, 15) is 9.59 Å². The monoisotopic (exact) mass is 416 g/mol. The average Bonchev–Trinajstić information content (AvgIpc) is 2.75. The molecule has 1 aliphatic carbocycles. The van der Waals surface area contributed by atoms with E-state index in [1.54, 1.807) is 0 Å². The molecule has 0 aromatic heterocycles. The van der Waals surface area contributed by atoms with Crippen molar-refractivity contribution < 1.29 is 14.3 Å². The molecule has 5 heteroatoms. The van der Waals surface area contributed by atoms with Crippen molar-refractivity contribution in [1.29, 1.82) is 0 Å². The molecule has 1 aliphatic heterocycles. The van der Waals surface area contributed by atoms with E-state index in [1.165, 1.54) is 0 Å².